The number of amides is 1. The van der Waals surface area contributed by atoms with Gasteiger partial charge in [-0.25, -0.2) is 4.68 Å². The Morgan fingerprint density at radius 2 is 1.83 bits per heavy atom. The van der Waals surface area contributed by atoms with E-state index in [-0.39, 0.29) is 42.4 Å². The number of carbonyl (C=O) groups is 1. The van der Waals surface area contributed by atoms with Crippen LogP contribution >= 0.6 is 12.4 Å². The number of nitrogens with one attached hydrogen (secondary N) is 3. The van der Waals surface area contributed by atoms with Gasteiger partial charge in [0, 0.05) is 19.5 Å². The third-order valence-corrected chi connectivity index (χ3v) is 3.50. The minimum absolute atomic E-state index is 0. The van der Waals surface area contributed by atoms with Gasteiger partial charge in [-0.3, -0.25) is 19.5 Å². The van der Waals surface area contributed by atoms with Crippen LogP contribution in [0.3, 0.4) is 0 Å². The summed E-state index contributed by atoms with van der Waals surface area (Å²) in [6, 6.07) is 6.64. The Morgan fingerprint density at radius 3 is 2.54 bits per heavy atom. The van der Waals surface area contributed by atoms with E-state index in [1.165, 1.54) is 4.68 Å². The van der Waals surface area contributed by atoms with Gasteiger partial charge >= 0.3 is 0 Å². The molecule has 3 N–H and O–H groups in total. The number of aromatic nitrogens is 2. The summed E-state index contributed by atoms with van der Waals surface area (Å²) in [5, 5.41) is 9.19. The number of nitrogens with zero attached hydrogens (tertiary/aromatic N) is 1. The van der Waals surface area contributed by atoms with Crippen LogP contribution in [0.1, 0.15) is 19.8 Å². The first-order chi connectivity index (χ1) is 11.1. The molecule has 0 saturated carbocycles. The number of hydrogen-bond acceptors (Lipinski definition) is 4. The van der Waals surface area contributed by atoms with E-state index in [1.54, 1.807) is 24.3 Å². The molecule has 1 heterocycles. The lowest BCUT2D eigenvalue weighted by Gasteiger charge is -2.08. The fourth-order valence-corrected chi connectivity index (χ4v) is 2.30. The van der Waals surface area contributed by atoms with Crippen molar-refractivity contribution in [1.82, 2.24) is 20.4 Å². The average Bonchev–Trinajstić information content (AvgIpc) is 2.56. The van der Waals surface area contributed by atoms with Gasteiger partial charge in [-0.2, -0.15) is 0 Å². The predicted molar refractivity (Wildman–Crippen MR) is 96.9 cm³/mol. The van der Waals surface area contributed by atoms with Crippen LogP contribution in [0.4, 0.5) is 0 Å². The highest BCUT2D eigenvalue weighted by Crippen LogP contribution is 2.02. The summed E-state index contributed by atoms with van der Waals surface area (Å²) in [6.07, 6.45) is 1.19. The molecule has 0 atom stereocenters. The normalized spacial score (nSPS) is 10.4. The smallest absolute Gasteiger partial charge is 0.273 e. The standard InChI is InChI=1S/C16H22N4O3.ClH/c1-2-8-17-9-10-18-14(21)7-11-20-16(23)13-6-4-3-5-12(13)15(22)19-20;/h3-6,17H,2,7-11H2,1H3,(H,18,21)(H,19,22);1H. The first kappa shape index (κ1) is 19.9. The molecule has 0 unspecified atom stereocenters. The fourth-order valence-electron chi connectivity index (χ4n) is 2.30. The first-order valence-corrected chi connectivity index (χ1v) is 7.82. The van der Waals surface area contributed by atoms with Crippen molar-refractivity contribution < 1.29 is 4.79 Å². The number of H-pyrrole nitrogens is 1. The third kappa shape index (κ3) is 5.21. The zero-order valence-corrected chi connectivity index (χ0v) is 14.4. The molecule has 8 heteroatoms. The van der Waals surface area contributed by atoms with Crippen LogP contribution in [0, 0.1) is 0 Å². The molecule has 2 rings (SSSR count). The molecule has 1 aromatic carbocycles. The number of benzene rings is 1. The highest BCUT2D eigenvalue weighted by Gasteiger charge is 2.08. The lowest BCUT2D eigenvalue weighted by atomic mass is 10.2. The Hall–Kier alpha value is -2.12. The fraction of sp³-hybridized carbons (Fsp3) is 0.438. The van der Waals surface area contributed by atoms with E-state index < -0.39 is 0 Å². The van der Waals surface area contributed by atoms with Crippen molar-refractivity contribution in [2.75, 3.05) is 19.6 Å². The molecular weight excluding hydrogens is 332 g/mol. The van der Waals surface area contributed by atoms with Crippen LogP contribution in [0.15, 0.2) is 33.9 Å². The molecule has 7 nitrogen and oxygen atoms in total. The Balaban J connectivity index is 0.00000288. The number of carbonyl (C=O) groups excluding carboxylic acids is 1. The summed E-state index contributed by atoms with van der Waals surface area (Å²) in [4.78, 5) is 36.0. The highest BCUT2D eigenvalue weighted by atomic mass is 35.5. The second-order valence-corrected chi connectivity index (χ2v) is 5.29. The van der Waals surface area contributed by atoms with Crippen LogP contribution in [0.25, 0.3) is 10.8 Å². The number of rotatable bonds is 8. The maximum Gasteiger partial charge on any atom is 0.273 e. The van der Waals surface area contributed by atoms with Crippen LogP contribution in [0.2, 0.25) is 0 Å². The molecule has 0 bridgehead atoms. The monoisotopic (exact) mass is 354 g/mol. The first-order valence-electron chi connectivity index (χ1n) is 7.82. The van der Waals surface area contributed by atoms with Gasteiger partial charge in [0.05, 0.1) is 17.3 Å². The van der Waals surface area contributed by atoms with Gasteiger partial charge in [0.2, 0.25) is 5.91 Å². The molecule has 132 valence electrons. The number of halogens is 1. The van der Waals surface area contributed by atoms with Gasteiger partial charge in [-0.15, -0.1) is 12.4 Å². The topological polar surface area (TPSA) is 96.0 Å². The van der Waals surface area contributed by atoms with Crippen LogP contribution in [0.5, 0.6) is 0 Å². The summed E-state index contributed by atoms with van der Waals surface area (Å²) in [6.45, 7) is 4.40. The van der Waals surface area contributed by atoms with Crippen molar-refractivity contribution >= 4 is 29.1 Å². The second kappa shape index (κ2) is 9.89. The van der Waals surface area contributed by atoms with Crippen molar-refractivity contribution in [3.8, 4) is 0 Å². The molecule has 0 aliphatic carbocycles. The zero-order chi connectivity index (χ0) is 16.7. The number of aryl methyl sites for hydroxylation is 1. The Kier molecular flexibility index (Phi) is 8.21. The summed E-state index contributed by atoms with van der Waals surface area (Å²) >= 11 is 0. The second-order valence-electron chi connectivity index (χ2n) is 5.29. The minimum atomic E-state index is -0.329. The zero-order valence-electron chi connectivity index (χ0n) is 13.6. The maximum absolute atomic E-state index is 12.3. The molecule has 0 radical (unpaired) electrons. The van der Waals surface area contributed by atoms with Gasteiger partial charge in [0.15, 0.2) is 0 Å². The van der Waals surface area contributed by atoms with Crippen LogP contribution in [-0.4, -0.2) is 35.3 Å². The molecular formula is C16H23ClN4O3. The number of aromatic amines is 1. The van der Waals surface area contributed by atoms with Crippen LogP contribution in [-0.2, 0) is 11.3 Å². The van der Waals surface area contributed by atoms with E-state index >= 15 is 0 Å². The summed E-state index contributed by atoms with van der Waals surface area (Å²) in [5.41, 5.74) is -0.623. The Labute approximate surface area is 145 Å². The maximum atomic E-state index is 12.3. The van der Waals surface area contributed by atoms with Gasteiger partial charge in [0.1, 0.15) is 0 Å². The van der Waals surface area contributed by atoms with Crippen LogP contribution < -0.4 is 21.8 Å². The number of fused-ring (bicyclic) bond motifs is 1. The SMILES string of the molecule is CCCNCCNC(=O)CCn1[nH]c(=O)c2ccccc2c1=O.Cl. The Bertz CT molecular complexity index is 785. The van der Waals surface area contributed by atoms with Gasteiger partial charge in [-0.1, -0.05) is 19.1 Å². The lowest BCUT2D eigenvalue weighted by molar-refractivity contribution is -0.121. The molecule has 1 amide bonds. The van der Waals surface area contributed by atoms with Gasteiger partial charge in [-0.05, 0) is 25.1 Å². The molecule has 2 aromatic rings. The largest absolute Gasteiger partial charge is 0.355 e. The quantitative estimate of drug-likeness (QED) is 0.605. The molecule has 24 heavy (non-hydrogen) atoms. The minimum Gasteiger partial charge on any atom is -0.355 e. The van der Waals surface area contributed by atoms with Crippen molar-refractivity contribution in [2.24, 2.45) is 0 Å². The van der Waals surface area contributed by atoms with E-state index in [4.69, 9.17) is 0 Å². The molecule has 0 saturated heterocycles. The highest BCUT2D eigenvalue weighted by molar-refractivity contribution is 5.85. The van der Waals surface area contributed by atoms with Gasteiger partial charge in [0.25, 0.3) is 11.1 Å². The summed E-state index contributed by atoms with van der Waals surface area (Å²) in [5.74, 6) is -0.149. The summed E-state index contributed by atoms with van der Waals surface area (Å²) < 4.78 is 1.19. The van der Waals surface area contributed by atoms with E-state index in [9.17, 15) is 14.4 Å². The van der Waals surface area contributed by atoms with Crippen molar-refractivity contribution in [2.45, 2.75) is 26.3 Å². The van der Waals surface area contributed by atoms with E-state index in [0.29, 0.717) is 23.9 Å². The lowest BCUT2D eigenvalue weighted by Crippen LogP contribution is -2.35. The van der Waals surface area contributed by atoms with Crippen molar-refractivity contribution in [3.05, 3.63) is 45.0 Å². The summed E-state index contributed by atoms with van der Waals surface area (Å²) in [7, 11) is 0. The molecule has 0 fully saturated rings. The molecule has 1 aromatic heterocycles. The molecule has 0 aliphatic rings. The average molecular weight is 355 g/mol. The molecule has 0 spiro atoms. The van der Waals surface area contributed by atoms with Crippen molar-refractivity contribution in [3.63, 3.8) is 0 Å². The van der Waals surface area contributed by atoms with E-state index in [1.807, 2.05) is 0 Å². The van der Waals surface area contributed by atoms with Gasteiger partial charge < -0.3 is 10.6 Å². The molecule has 0 aliphatic heterocycles. The third-order valence-electron chi connectivity index (χ3n) is 3.50. The van der Waals surface area contributed by atoms with Crippen molar-refractivity contribution in [1.29, 1.82) is 0 Å². The van der Waals surface area contributed by atoms with E-state index in [2.05, 4.69) is 22.7 Å². The predicted octanol–water partition coefficient (Wildman–Crippen LogP) is 0.617. The van der Waals surface area contributed by atoms with E-state index in [0.717, 1.165) is 13.0 Å². The number of hydrogen-bond donors (Lipinski definition) is 3. The Morgan fingerprint density at radius 1 is 1.12 bits per heavy atom.